The summed E-state index contributed by atoms with van der Waals surface area (Å²) in [6.07, 6.45) is -1.84. The predicted octanol–water partition coefficient (Wildman–Crippen LogP) is 2.21. The summed E-state index contributed by atoms with van der Waals surface area (Å²) in [5.41, 5.74) is 2.88. The van der Waals surface area contributed by atoms with Gasteiger partial charge in [-0.3, -0.25) is 0 Å². The van der Waals surface area contributed by atoms with Crippen LogP contribution >= 0.6 is 0 Å². The van der Waals surface area contributed by atoms with Crippen LogP contribution in [0.25, 0.3) is 0 Å². The number of hydrogen-bond acceptors (Lipinski definition) is 2. The molecule has 1 rings (SSSR count). The van der Waals surface area contributed by atoms with Gasteiger partial charge in [-0.2, -0.15) is 13.2 Å². The molecule has 2 atom stereocenters. The Kier molecular flexibility index (Phi) is 4.00. The lowest BCUT2D eigenvalue weighted by molar-refractivity contribution is -0.258. The number of hydrogen-bond donors (Lipinski definition) is 2. The Morgan fingerprint density at radius 3 is 2.47 bits per heavy atom. The number of aliphatic hydroxyl groups is 1. The Bertz CT molecular complexity index is 207. The summed E-state index contributed by atoms with van der Waals surface area (Å²) in [6.45, 7) is 0.580. The summed E-state index contributed by atoms with van der Waals surface area (Å²) in [7, 11) is 0. The highest BCUT2D eigenvalue weighted by Crippen LogP contribution is 2.46. The van der Waals surface area contributed by atoms with Gasteiger partial charge in [0.2, 0.25) is 0 Å². The van der Waals surface area contributed by atoms with E-state index in [-0.39, 0.29) is 18.8 Å². The molecule has 0 heterocycles. The molecule has 0 radical (unpaired) electrons. The van der Waals surface area contributed by atoms with Gasteiger partial charge in [-0.15, -0.1) is 0 Å². The number of nitrogens with two attached hydrogens (primary N) is 1. The van der Waals surface area contributed by atoms with Crippen LogP contribution in [0.4, 0.5) is 13.2 Å². The second-order valence-electron chi connectivity index (χ2n) is 4.42. The molecular weight excluding hydrogens is 207 g/mol. The van der Waals surface area contributed by atoms with Crippen LogP contribution in [0.3, 0.4) is 0 Å². The molecule has 1 fully saturated rings. The standard InChI is InChI=1S/C10H18F3NO/c11-10(12,13)9(15)5-4-8(7-9)3-1-2-6-14/h8,15H,1-7,14H2. The molecule has 3 N–H and O–H groups in total. The zero-order valence-electron chi connectivity index (χ0n) is 8.69. The van der Waals surface area contributed by atoms with E-state index in [2.05, 4.69) is 0 Å². The Morgan fingerprint density at radius 1 is 1.33 bits per heavy atom. The molecule has 0 aromatic heterocycles. The molecular formula is C10H18F3NO. The van der Waals surface area contributed by atoms with Crippen LogP contribution in [0, 0.1) is 5.92 Å². The molecule has 1 aliphatic carbocycles. The average molecular weight is 225 g/mol. The molecule has 90 valence electrons. The third-order valence-electron chi connectivity index (χ3n) is 3.19. The lowest BCUT2D eigenvalue weighted by Gasteiger charge is -2.25. The smallest absolute Gasteiger partial charge is 0.380 e. The second-order valence-corrected chi connectivity index (χ2v) is 4.42. The molecule has 0 spiro atoms. The summed E-state index contributed by atoms with van der Waals surface area (Å²) in [5, 5.41) is 9.41. The van der Waals surface area contributed by atoms with Crippen molar-refractivity contribution in [3.8, 4) is 0 Å². The molecule has 0 saturated heterocycles. The maximum Gasteiger partial charge on any atom is 0.417 e. The first kappa shape index (κ1) is 12.8. The number of rotatable bonds is 4. The fraction of sp³-hybridized carbons (Fsp3) is 1.00. The van der Waals surface area contributed by atoms with E-state index in [1.807, 2.05) is 0 Å². The van der Waals surface area contributed by atoms with Crippen molar-refractivity contribution in [3.05, 3.63) is 0 Å². The Balaban J connectivity index is 2.38. The van der Waals surface area contributed by atoms with Gasteiger partial charge >= 0.3 is 6.18 Å². The molecule has 2 unspecified atom stereocenters. The minimum atomic E-state index is -4.48. The summed E-state index contributed by atoms with van der Waals surface area (Å²) >= 11 is 0. The lowest BCUT2D eigenvalue weighted by atomic mass is 9.96. The van der Waals surface area contributed by atoms with E-state index >= 15 is 0 Å². The molecule has 0 aromatic rings. The van der Waals surface area contributed by atoms with E-state index in [4.69, 9.17) is 5.73 Å². The molecule has 0 amide bonds. The zero-order chi connectivity index (χ0) is 11.5. The minimum Gasteiger partial charge on any atom is -0.380 e. The van der Waals surface area contributed by atoms with E-state index in [0.29, 0.717) is 13.0 Å². The van der Waals surface area contributed by atoms with Crippen LogP contribution in [0.1, 0.15) is 38.5 Å². The van der Waals surface area contributed by atoms with Crippen molar-refractivity contribution in [2.45, 2.75) is 50.3 Å². The van der Waals surface area contributed by atoms with Crippen molar-refractivity contribution in [2.24, 2.45) is 11.7 Å². The van der Waals surface area contributed by atoms with E-state index in [0.717, 1.165) is 19.3 Å². The molecule has 0 bridgehead atoms. The van der Waals surface area contributed by atoms with Crippen LogP contribution in [0.5, 0.6) is 0 Å². The quantitative estimate of drug-likeness (QED) is 0.720. The molecule has 1 aliphatic rings. The minimum absolute atomic E-state index is 0.00294. The first-order valence-electron chi connectivity index (χ1n) is 5.38. The van der Waals surface area contributed by atoms with E-state index < -0.39 is 11.8 Å². The lowest BCUT2D eigenvalue weighted by Crippen LogP contribution is -2.42. The van der Waals surface area contributed by atoms with Crippen molar-refractivity contribution in [2.75, 3.05) is 6.54 Å². The summed E-state index contributed by atoms with van der Waals surface area (Å²) < 4.78 is 37.3. The highest BCUT2D eigenvalue weighted by molar-refractivity contribution is 4.94. The molecule has 15 heavy (non-hydrogen) atoms. The highest BCUT2D eigenvalue weighted by Gasteiger charge is 2.56. The first-order chi connectivity index (χ1) is 6.89. The fourth-order valence-electron chi connectivity index (χ4n) is 2.21. The van der Waals surface area contributed by atoms with Gasteiger partial charge in [0.25, 0.3) is 0 Å². The number of alkyl halides is 3. The van der Waals surface area contributed by atoms with Gasteiger partial charge < -0.3 is 10.8 Å². The molecule has 0 aliphatic heterocycles. The van der Waals surface area contributed by atoms with E-state index in [1.165, 1.54) is 0 Å². The third-order valence-corrected chi connectivity index (χ3v) is 3.19. The summed E-state index contributed by atoms with van der Waals surface area (Å²) in [6, 6.07) is 0. The zero-order valence-corrected chi connectivity index (χ0v) is 8.69. The van der Waals surface area contributed by atoms with E-state index in [1.54, 1.807) is 0 Å². The van der Waals surface area contributed by atoms with Crippen LogP contribution in [0.15, 0.2) is 0 Å². The maximum absolute atomic E-state index is 12.4. The van der Waals surface area contributed by atoms with Crippen LogP contribution in [-0.2, 0) is 0 Å². The summed E-state index contributed by atoms with van der Waals surface area (Å²) in [4.78, 5) is 0. The van der Waals surface area contributed by atoms with Crippen molar-refractivity contribution < 1.29 is 18.3 Å². The Morgan fingerprint density at radius 2 is 2.00 bits per heavy atom. The van der Waals surface area contributed by atoms with Gasteiger partial charge in [0.05, 0.1) is 0 Å². The van der Waals surface area contributed by atoms with Crippen molar-refractivity contribution in [3.63, 3.8) is 0 Å². The largest absolute Gasteiger partial charge is 0.417 e. The second kappa shape index (κ2) is 4.70. The van der Waals surface area contributed by atoms with Gasteiger partial charge in [0.1, 0.15) is 0 Å². The van der Waals surface area contributed by atoms with Crippen LogP contribution in [-0.4, -0.2) is 23.4 Å². The SMILES string of the molecule is NCCCCC1CCC(O)(C(F)(F)F)C1. The normalized spacial score (nSPS) is 32.2. The average Bonchev–Trinajstić information content (AvgIpc) is 2.48. The Hall–Kier alpha value is -0.290. The monoisotopic (exact) mass is 225 g/mol. The predicted molar refractivity (Wildman–Crippen MR) is 51.3 cm³/mol. The first-order valence-corrected chi connectivity index (χ1v) is 5.38. The van der Waals surface area contributed by atoms with Crippen LogP contribution in [0.2, 0.25) is 0 Å². The maximum atomic E-state index is 12.4. The Labute approximate surface area is 87.6 Å². The topological polar surface area (TPSA) is 46.2 Å². The number of unbranched alkanes of at least 4 members (excludes halogenated alkanes) is 1. The van der Waals surface area contributed by atoms with Gasteiger partial charge in [-0.05, 0) is 38.1 Å². The van der Waals surface area contributed by atoms with Gasteiger partial charge in [-0.1, -0.05) is 12.8 Å². The molecule has 5 heteroatoms. The van der Waals surface area contributed by atoms with Gasteiger partial charge in [-0.25, -0.2) is 0 Å². The van der Waals surface area contributed by atoms with Crippen LogP contribution < -0.4 is 5.73 Å². The van der Waals surface area contributed by atoms with Gasteiger partial charge in [0, 0.05) is 0 Å². The van der Waals surface area contributed by atoms with Gasteiger partial charge in [0.15, 0.2) is 5.60 Å². The third kappa shape index (κ3) is 3.08. The van der Waals surface area contributed by atoms with E-state index in [9.17, 15) is 18.3 Å². The van der Waals surface area contributed by atoms with Crippen molar-refractivity contribution in [1.82, 2.24) is 0 Å². The molecule has 1 saturated carbocycles. The molecule has 2 nitrogen and oxygen atoms in total. The fourth-order valence-corrected chi connectivity index (χ4v) is 2.21. The highest BCUT2D eigenvalue weighted by atomic mass is 19.4. The number of halogens is 3. The van der Waals surface area contributed by atoms with Crippen molar-refractivity contribution in [1.29, 1.82) is 0 Å². The summed E-state index contributed by atoms with van der Waals surface area (Å²) in [5.74, 6) is 0.00294. The molecule has 0 aromatic carbocycles. The van der Waals surface area contributed by atoms with Crippen molar-refractivity contribution >= 4 is 0 Å².